The molecule has 2 rings (SSSR count). The van der Waals surface area contributed by atoms with Gasteiger partial charge in [-0.25, -0.2) is 0 Å². The fourth-order valence-corrected chi connectivity index (χ4v) is 1.88. The highest BCUT2D eigenvalue weighted by atomic mass is 35.5. The number of halogens is 1. The van der Waals surface area contributed by atoms with Crippen LogP contribution in [0.4, 0.5) is 0 Å². The van der Waals surface area contributed by atoms with E-state index in [0.717, 1.165) is 0 Å². The van der Waals surface area contributed by atoms with Crippen LogP contribution in [0.3, 0.4) is 0 Å². The van der Waals surface area contributed by atoms with Gasteiger partial charge in [-0.1, -0.05) is 11.6 Å². The van der Waals surface area contributed by atoms with Gasteiger partial charge in [-0.15, -0.1) is 0 Å². The van der Waals surface area contributed by atoms with Crippen molar-refractivity contribution in [1.82, 2.24) is 0 Å². The molecule has 1 aliphatic heterocycles. The van der Waals surface area contributed by atoms with Crippen LogP contribution in [0.15, 0.2) is 24.3 Å². The first-order valence-electron chi connectivity index (χ1n) is 4.92. The van der Waals surface area contributed by atoms with Crippen molar-refractivity contribution in [2.75, 3.05) is 6.61 Å². The molecule has 2 unspecified atom stereocenters. The summed E-state index contributed by atoms with van der Waals surface area (Å²) in [6.45, 7) is 0.352. The lowest BCUT2D eigenvalue weighted by molar-refractivity contribution is -0.141. The average Bonchev–Trinajstić information content (AvgIpc) is 2.58. The smallest absolute Gasteiger partial charge is 0.319 e. The molecule has 16 heavy (non-hydrogen) atoms. The molecule has 2 atom stereocenters. The van der Waals surface area contributed by atoms with Gasteiger partial charge < -0.3 is 9.47 Å². The minimum Gasteiger partial charge on any atom is -0.490 e. The van der Waals surface area contributed by atoms with Crippen LogP contribution in [-0.4, -0.2) is 23.9 Å². The first kappa shape index (κ1) is 11.6. The highest BCUT2D eigenvalue weighted by Crippen LogP contribution is 2.21. The van der Waals surface area contributed by atoms with Crippen LogP contribution in [0.5, 0.6) is 5.75 Å². The van der Waals surface area contributed by atoms with E-state index in [-0.39, 0.29) is 17.3 Å². The first-order chi connectivity index (χ1) is 7.65. The molecule has 1 heterocycles. The number of hydrogen-bond donors (Lipinski definition) is 1. The second-order valence-electron chi connectivity index (χ2n) is 3.58. The van der Waals surface area contributed by atoms with Crippen LogP contribution in [0.1, 0.15) is 6.42 Å². The topological polar surface area (TPSA) is 35.5 Å². The maximum Gasteiger partial charge on any atom is 0.319 e. The van der Waals surface area contributed by atoms with Crippen molar-refractivity contribution < 1.29 is 14.3 Å². The summed E-state index contributed by atoms with van der Waals surface area (Å²) in [5, 5.41) is 0.342. The zero-order valence-electron chi connectivity index (χ0n) is 8.43. The van der Waals surface area contributed by atoms with Gasteiger partial charge in [0.25, 0.3) is 0 Å². The predicted octanol–water partition coefficient (Wildman–Crippen LogP) is 2.33. The second kappa shape index (κ2) is 4.97. The van der Waals surface area contributed by atoms with Gasteiger partial charge in [0.15, 0.2) is 0 Å². The molecule has 0 radical (unpaired) electrons. The van der Waals surface area contributed by atoms with E-state index in [1.54, 1.807) is 24.3 Å². The Morgan fingerprint density at radius 2 is 2.12 bits per heavy atom. The summed E-state index contributed by atoms with van der Waals surface area (Å²) >= 11 is 9.83. The van der Waals surface area contributed by atoms with Gasteiger partial charge in [0.2, 0.25) is 0 Å². The molecule has 3 nitrogen and oxygen atoms in total. The van der Waals surface area contributed by atoms with Crippen LogP contribution in [0.2, 0.25) is 5.02 Å². The standard InChI is InChI=1S/C11H11ClO3S/c12-7-1-3-8(4-2-7)14-6-9-5-10(16)11(13)15-9/h1-4,9-10,16H,5-6H2. The van der Waals surface area contributed by atoms with Crippen LogP contribution >= 0.6 is 24.2 Å². The maximum atomic E-state index is 11.1. The molecule has 1 aromatic rings. The highest BCUT2D eigenvalue weighted by Gasteiger charge is 2.32. The number of benzene rings is 1. The van der Waals surface area contributed by atoms with Crippen LogP contribution in [0, 0.1) is 0 Å². The number of ether oxygens (including phenoxy) is 2. The molecule has 5 heteroatoms. The van der Waals surface area contributed by atoms with E-state index in [4.69, 9.17) is 21.1 Å². The van der Waals surface area contributed by atoms with Crippen molar-refractivity contribution in [1.29, 1.82) is 0 Å². The van der Waals surface area contributed by atoms with E-state index in [0.29, 0.717) is 23.8 Å². The molecule has 0 N–H and O–H groups in total. The third-order valence-corrected chi connectivity index (χ3v) is 2.96. The number of cyclic esters (lactones) is 1. The monoisotopic (exact) mass is 258 g/mol. The number of hydrogen-bond acceptors (Lipinski definition) is 4. The van der Waals surface area contributed by atoms with Crippen LogP contribution in [0.25, 0.3) is 0 Å². The summed E-state index contributed by atoms with van der Waals surface area (Å²) in [7, 11) is 0. The Labute approximate surface area is 104 Å². The summed E-state index contributed by atoms with van der Waals surface area (Å²) in [5.41, 5.74) is 0. The molecular formula is C11H11ClO3S. The Morgan fingerprint density at radius 1 is 1.44 bits per heavy atom. The number of carbonyl (C=O) groups excluding carboxylic acids is 1. The molecule has 0 bridgehead atoms. The van der Waals surface area contributed by atoms with Crippen LogP contribution in [-0.2, 0) is 9.53 Å². The minimum atomic E-state index is -0.321. The van der Waals surface area contributed by atoms with Crippen molar-refractivity contribution in [2.45, 2.75) is 17.8 Å². The molecule has 0 spiro atoms. The molecule has 0 aliphatic carbocycles. The molecule has 0 saturated carbocycles. The van der Waals surface area contributed by atoms with E-state index in [1.807, 2.05) is 0 Å². The Hall–Kier alpha value is -0.870. The van der Waals surface area contributed by atoms with E-state index in [9.17, 15) is 4.79 Å². The van der Waals surface area contributed by atoms with Gasteiger partial charge in [0.1, 0.15) is 23.7 Å². The molecule has 0 aromatic heterocycles. The van der Waals surface area contributed by atoms with Crippen molar-refractivity contribution >= 4 is 30.2 Å². The third-order valence-electron chi connectivity index (χ3n) is 2.29. The van der Waals surface area contributed by atoms with Gasteiger partial charge >= 0.3 is 5.97 Å². The normalized spacial score (nSPS) is 24.2. The van der Waals surface area contributed by atoms with Crippen molar-refractivity contribution in [2.24, 2.45) is 0 Å². The minimum absolute atomic E-state index is 0.203. The molecule has 0 amide bonds. The molecule has 1 saturated heterocycles. The number of thiol groups is 1. The summed E-state index contributed by atoms with van der Waals surface area (Å²) in [6, 6.07) is 7.05. The summed E-state index contributed by atoms with van der Waals surface area (Å²) in [5.74, 6) is 0.441. The molecular weight excluding hydrogens is 248 g/mol. The predicted molar refractivity (Wildman–Crippen MR) is 64.2 cm³/mol. The molecule has 1 fully saturated rings. The number of rotatable bonds is 3. The highest BCUT2D eigenvalue weighted by molar-refractivity contribution is 7.81. The van der Waals surface area contributed by atoms with E-state index < -0.39 is 0 Å². The van der Waals surface area contributed by atoms with Crippen LogP contribution < -0.4 is 4.74 Å². The lowest BCUT2D eigenvalue weighted by Crippen LogP contribution is -2.17. The van der Waals surface area contributed by atoms with Gasteiger partial charge in [-0.05, 0) is 24.3 Å². The Balaban J connectivity index is 1.84. The fourth-order valence-electron chi connectivity index (χ4n) is 1.46. The van der Waals surface area contributed by atoms with E-state index in [2.05, 4.69) is 12.6 Å². The molecule has 1 aromatic carbocycles. The zero-order valence-corrected chi connectivity index (χ0v) is 10.1. The van der Waals surface area contributed by atoms with E-state index in [1.165, 1.54) is 0 Å². The van der Waals surface area contributed by atoms with Crippen molar-refractivity contribution in [3.8, 4) is 5.75 Å². The quantitative estimate of drug-likeness (QED) is 0.668. The second-order valence-corrected chi connectivity index (χ2v) is 4.64. The molecule has 86 valence electrons. The zero-order chi connectivity index (χ0) is 11.5. The largest absolute Gasteiger partial charge is 0.490 e. The van der Waals surface area contributed by atoms with Gasteiger partial charge in [-0.2, -0.15) is 12.6 Å². The van der Waals surface area contributed by atoms with Gasteiger partial charge in [0, 0.05) is 11.4 Å². The van der Waals surface area contributed by atoms with E-state index >= 15 is 0 Å². The number of esters is 1. The number of carbonyl (C=O) groups is 1. The van der Waals surface area contributed by atoms with Gasteiger partial charge in [-0.3, -0.25) is 4.79 Å². The maximum absolute atomic E-state index is 11.1. The Morgan fingerprint density at radius 3 is 2.69 bits per heavy atom. The Bertz CT molecular complexity index is 379. The fraction of sp³-hybridized carbons (Fsp3) is 0.364. The lowest BCUT2D eigenvalue weighted by Gasteiger charge is -2.10. The Kier molecular flexibility index (Phi) is 3.61. The summed E-state index contributed by atoms with van der Waals surface area (Å²) in [4.78, 5) is 11.1. The first-order valence-corrected chi connectivity index (χ1v) is 5.81. The lowest BCUT2D eigenvalue weighted by atomic mass is 10.2. The van der Waals surface area contributed by atoms with Crippen molar-refractivity contribution in [3.63, 3.8) is 0 Å². The summed E-state index contributed by atoms with van der Waals surface area (Å²) < 4.78 is 10.5. The van der Waals surface area contributed by atoms with Crippen molar-refractivity contribution in [3.05, 3.63) is 29.3 Å². The SMILES string of the molecule is O=C1OC(COc2ccc(Cl)cc2)CC1S. The van der Waals surface area contributed by atoms with Gasteiger partial charge in [0.05, 0.1) is 0 Å². The summed E-state index contributed by atoms with van der Waals surface area (Å²) in [6.07, 6.45) is 0.390. The molecule has 1 aliphatic rings. The third kappa shape index (κ3) is 2.83. The average molecular weight is 259 g/mol.